The molecule has 1 N–H and O–H groups in total. The monoisotopic (exact) mass is 376 g/mol. The molecule has 7 nitrogen and oxygen atoms in total. The highest BCUT2D eigenvalue weighted by molar-refractivity contribution is 5.79. The minimum Gasteiger partial charge on any atom is -0.366 e. The summed E-state index contributed by atoms with van der Waals surface area (Å²) < 4.78 is 18.8. The Bertz CT molecular complexity index is 708. The third-order valence-corrected chi connectivity index (χ3v) is 5.77. The largest absolute Gasteiger partial charge is 0.366 e. The summed E-state index contributed by atoms with van der Waals surface area (Å²) in [7, 11) is 0. The Balaban J connectivity index is 1.28. The molecule has 0 saturated carbocycles. The molecule has 146 valence electrons. The van der Waals surface area contributed by atoms with Crippen molar-refractivity contribution in [3.8, 4) is 0 Å². The van der Waals surface area contributed by atoms with Crippen LogP contribution in [0, 0.1) is 11.7 Å². The second-order valence-corrected chi connectivity index (χ2v) is 7.69. The first kappa shape index (κ1) is 18.2. The highest BCUT2D eigenvalue weighted by Crippen LogP contribution is 2.24. The van der Waals surface area contributed by atoms with Crippen LogP contribution < -0.4 is 5.32 Å². The number of carbonyl (C=O) groups excluding carboxylic acids is 2. The number of aromatic nitrogens is 1. The third-order valence-electron chi connectivity index (χ3n) is 5.77. The van der Waals surface area contributed by atoms with Crippen molar-refractivity contribution in [2.24, 2.45) is 5.92 Å². The van der Waals surface area contributed by atoms with Crippen LogP contribution in [0.4, 0.5) is 9.18 Å². The number of piperidine rings is 2. The number of halogens is 1. The smallest absolute Gasteiger partial charge is 0.320 e. The molecule has 0 spiro atoms. The van der Waals surface area contributed by atoms with Gasteiger partial charge in [-0.15, -0.1) is 0 Å². The molecule has 8 heteroatoms. The Morgan fingerprint density at radius 3 is 2.78 bits per heavy atom. The molecule has 3 aliphatic rings. The molecule has 27 heavy (non-hydrogen) atoms. The van der Waals surface area contributed by atoms with Gasteiger partial charge in [-0.3, -0.25) is 9.78 Å². The van der Waals surface area contributed by atoms with E-state index in [1.165, 1.54) is 12.3 Å². The molecule has 0 aliphatic carbocycles. The van der Waals surface area contributed by atoms with Crippen molar-refractivity contribution in [3.05, 3.63) is 29.8 Å². The summed E-state index contributed by atoms with van der Waals surface area (Å²) in [5.41, 5.74) is 0.912. The standard InChI is InChI=1S/C19H25FN4O3/c20-15-8-14(9-21-10-15)7-13-1-4-23(5-2-13)19(26)24-6-3-17-16(11-24)22-18(25)12-27-17/h8-10,13,16-17H,1-7,11-12H2,(H,22,25)/t16-,17+/m1/s1. The second kappa shape index (κ2) is 7.80. The van der Waals surface area contributed by atoms with Gasteiger partial charge in [-0.25, -0.2) is 9.18 Å². The predicted molar refractivity (Wildman–Crippen MR) is 95.5 cm³/mol. The number of fused-ring (bicyclic) bond motifs is 1. The summed E-state index contributed by atoms with van der Waals surface area (Å²) in [4.78, 5) is 32.0. The van der Waals surface area contributed by atoms with Gasteiger partial charge in [0.2, 0.25) is 5.91 Å². The zero-order valence-corrected chi connectivity index (χ0v) is 15.3. The number of likely N-dealkylation sites (tertiary alicyclic amines) is 2. The van der Waals surface area contributed by atoms with Gasteiger partial charge in [-0.1, -0.05) is 0 Å². The first-order valence-electron chi connectivity index (χ1n) is 9.63. The Kier molecular flexibility index (Phi) is 5.24. The number of amides is 3. The number of carbonyl (C=O) groups is 2. The van der Waals surface area contributed by atoms with E-state index in [9.17, 15) is 14.0 Å². The molecule has 0 aromatic carbocycles. The number of nitrogens with zero attached hydrogens (tertiary/aromatic N) is 3. The molecule has 3 saturated heterocycles. The molecule has 3 amide bonds. The molecule has 4 heterocycles. The fraction of sp³-hybridized carbons (Fsp3) is 0.632. The van der Waals surface area contributed by atoms with Gasteiger partial charge in [0.15, 0.2) is 0 Å². The van der Waals surface area contributed by atoms with Crippen LogP contribution in [0.15, 0.2) is 18.5 Å². The Morgan fingerprint density at radius 2 is 2.00 bits per heavy atom. The maximum Gasteiger partial charge on any atom is 0.320 e. The van der Waals surface area contributed by atoms with E-state index in [4.69, 9.17) is 4.74 Å². The average molecular weight is 376 g/mol. The molecule has 0 unspecified atom stereocenters. The second-order valence-electron chi connectivity index (χ2n) is 7.69. The van der Waals surface area contributed by atoms with E-state index in [-0.39, 0.29) is 36.5 Å². The van der Waals surface area contributed by atoms with Gasteiger partial charge >= 0.3 is 6.03 Å². The topological polar surface area (TPSA) is 74.8 Å². The van der Waals surface area contributed by atoms with E-state index in [2.05, 4.69) is 10.3 Å². The number of hydrogen-bond acceptors (Lipinski definition) is 4. The molecule has 0 radical (unpaired) electrons. The number of nitrogens with one attached hydrogen (secondary N) is 1. The lowest BCUT2D eigenvalue weighted by atomic mass is 9.91. The highest BCUT2D eigenvalue weighted by Gasteiger charge is 2.37. The minimum absolute atomic E-state index is 0.0114. The van der Waals surface area contributed by atoms with Gasteiger partial charge in [0.25, 0.3) is 0 Å². The lowest BCUT2D eigenvalue weighted by molar-refractivity contribution is -0.139. The van der Waals surface area contributed by atoms with Crippen molar-refractivity contribution in [2.75, 3.05) is 32.8 Å². The molecule has 1 aromatic rings. The van der Waals surface area contributed by atoms with E-state index in [0.29, 0.717) is 32.1 Å². The average Bonchev–Trinajstić information content (AvgIpc) is 2.67. The zero-order valence-electron chi connectivity index (χ0n) is 15.3. The summed E-state index contributed by atoms with van der Waals surface area (Å²) >= 11 is 0. The molecule has 4 rings (SSSR count). The van der Waals surface area contributed by atoms with Crippen LogP contribution in [0.25, 0.3) is 0 Å². The number of urea groups is 1. The highest BCUT2D eigenvalue weighted by atomic mass is 19.1. The third kappa shape index (κ3) is 4.21. The quantitative estimate of drug-likeness (QED) is 0.841. The van der Waals surface area contributed by atoms with Gasteiger partial charge in [-0.05, 0) is 43.2 Å². The SMILES string of the molecule is O=C1CO[C@H]2CCN(C(=O)N3CCC(Cc4cncc(F)c4)CC3)C[C@H]2N1. The predicted octanol–water partition coefficient (Wildman–Crippen LogP) is 1.18. The van der Waals surface area contributed by atoms with Crippen molar-refractivity contribution < 1.29 is 18.7 Å². The Labute approximate surface area is 157 Å². The van der Waals surface area contributed by atoms with Gasteiger partial charge in [0, 0.05) is 32.4 Å². The number of pyridine rings is 1. The maximum atomic E-state index is 13.3. The summed E-state index contributed by atoms with van der Waals surface area (Å²) in [5.74, 6) is 0.0231. The van der Waals surface area contributed by atoms with E-state index in [0.717, 1.165) is 31.2 Å². The van der Waals surface area contributed by atoms with Gasteiger partial charge in [0.05, 0.1) is 18.3 Å². The van der Waals surface area contributed by atoms with Crippen molar-refractivity contribution in [1.82, 2.24) is 20.1 Å². The van der Waals surface area contributed by atoms with Gasteiger partial charge in [0.1, 0.15) is 12.4 Å². The molecular formula is C19H25FN4O3. The van der Waals surface area contributed by atoms with Crippen LogP contribution in [0.5, 0.6) is 0 Å². The van der Waals surface area contributed by atoms with E-state index in [1.54, 1.807) is 6.20 Å². The minimum atomic E-state index is -0.303. The maximum absolute atomic E-state index is 13.3. The van der Waals surface area contributed by atoms with Crippen molar-refractivity contribution in [3.63, 3.8) is 0 Å². The van der Waals surface area contributed by atoms with Crippen molar-refractivity contribution >= 4 is 11.9 Å². The van der Waals surface area contributed by atoms with Crippen molar-refractivity contribution in [2.45, 2.75) is 37.8 Å². The lowest BCUT2D eigenvalue weighted by Gasteiger charge is -2.43. The van der Waals surface area contributed by atoms with Crippen LogP contribution in [0.3, 0.4) is 0 Å². The first-order chi connectivity index (χ1) is 13.1. The summed E-state index contributed by atoms with van der Waals surface area (Å²) in [6.45, 7) is 2.69. The number of hydrogen-bond donors (Lipinski definition) is 1. The summed E-state index contributed by atoms with van der Waals surface area (Å²) in [6.07, 6.45) is 6.30. The van der Waals surface area contributed by atoms with E-state index >= 15 is 0 Å². The number of morpholine rings is 1. The number of ether oxygens (including phenoxy) is 1. The van der Waals surface area contributed by atoms with Crippen LogP contribution in [-0.2, 0) is 16.0 Å². The van der Waals surface area contributed by atoms with Crippen LogP contribution in [-0.4, -0.2) is 71.7 Å². The van der Waals surface area contributed by atoms with Crippen LogP contribution >= 0.6 is 0 Å². The molecular weight excluding hydrogens is 351 g/mol. The number of rotatable bonds is 2. The normalized spacial score (nSPS) is 26.5. The Hall–Kier alpha value is -2.22. The van der Waals surface area contributed by atoms with E-state index < -0.39 is 0 Å². The fourth-order valence-electron chi connectivity index (χ4n) is 4.30. The lowest BCUT2D eigenvalue weighted by Crippen LogP contribution is -2.62. The van der Waals surface area contributed by atoms with Gasteiger partial charge in [-0.2, -0.15) is 0 Å². The van der Waals surface area contributed by atoms with Crippen molar-refractivity contribution in [1.29, 1.82) is 0 Å². The van der Waals surface area contributed by atoms with Gasteiger partial charge < -0.3 is 19.9 Å². The van der Waals surface area contributed by atoms with Crippen LogP contribution in [0.2, 0.25) is 0 Å². The fourth-order valence-corrected chi connectivity index (χ4v) is 4.30. The molecule has 3 aliphatic heterocycles. The Morgan fingerprint density at radius 1 is 1.22 bits per heavy atom. The molecule has 3 fully saturated rings. The molecule has 1 aromatic heterocycles. The molecule has 0 bridgehead atoms. The molecule has 2 atom stereocenters. The summed E-state index contributed by atoms with van der Waals surface area (Å²) in [5, 5.41) is 2.93. The van der Waals surface area contributed by atoms with E-state index in [1.807, 2.05) is 9.80 Å². The first-order valence-corrected chi connectivity index (χ1v) is 9.63. The zero-order chi connectivity index (χ0) is 18.8. The van der Waals surface area contributed by atoms with Crippen LogP contribution in [0.1, 0.15) is 24.8 Å². The summed E-state index contributed by atoms with van der Waals surface area (Å²) in [6, 6.07) is 1.47.